The van der Waals surface area contributed by atoms with Gasteiger partial charge in [-0.15, -0.1) is 0 Å². The third-order valence-corrected chi connectivity index (χ3v) is 4.22. The van der Waals surface area contributed by atoms with Crippen molar-refractivity contribution in [3.8, 4) is 11.5 Å². The van der Waals surface area contributed by atoms with E-state index in [-0.39, 0.29) is 11.5 Å². The SMILES string of the molecule is CNC1CCC(N(C)Cc2ccc(O)cc2O)CC1. The number of phenolic OH excluding ortho intramolecular Hbond substituents is 2. The molecule has 0 atom stereocenters. The van der Waals surface area contributed by atoms with Crippen LogP contribution in [-0.2, 0) is 6.54 Å². The quantitative estimate of drug-likeness (QED) is 0.779. The Morgan fingerprint density at radius 2 is 1.89 bits per heavy atom. The minimum Gasteiger partial charge on any atom is -0.508 e. The van der Waals surface area contributed by atoms with Crippen LogP contribution in [0, 0.1) is 0 Å². The Bertz CT molecular complexity index is 415. The maximum atomic E-state index is 9.82. The van der Waals surface area contributed by atoms with Crippen molar-refractivity contribution in [2.45, 2.75) is 44.3 Å². The molecule has 0 unspecified atom stereocenters. The summed E-state index contributed by atoms with van der Waals surface area (Å²) in [6.07, 6.45) is 4.82. The van der Waals surface area contributed by atoms with Gasteiger partial charge in [0.15, 0.2) is 0 Å². The molecule has 0 aliphatic heterocycles. The van der Waals surface area contributed by atoms with Crippen LogP contribution in [0.4, 0.5) is 0 Å². The summed E-state index contributed by atoms with van der Waals surface area (Å²) in [4.78, 5) is 2.30. The second-order valence-electron chi connectivity index (χ2n) is 5.52. The Hall–Kier alpha value is -1.26. The Morgan fingerprint density at radius 1 is 1.21 bits per heavy atom. The summed E-state index contributed by atoms with van der Waals surface area (Å²) in [5.74, 6) is 0.286. The third-order valence-electron chi connectivity index (χ3n) is 4.22. The highest BCUT2D eigenvalue weighted by Crippen LogP contribution is 2.27. The molecule has 1 aromatic rings. The number of hydrogen-bond donors (Lipinski definition) is 3. The van der Waals surface area contributed by atoms with E-state index in [0.717, 1.165) is 12.1 Å². The highest BCUT2D eigenvalue weighted by Gasteiger charge is 2.23. The number of rotatable bonds is 4. The van der Waals surface area contributed by atoms with E-state index in [1.807, 2.05) is 7.05 Å². The highest BCUT2D eigenvalue weighted by molar-refractivity contribution is 5.38. The summed E-state index contributed by atoms with van der Waals surface area (Å²) in [5.41, 5.74) is 0.871. The zero-order valence-corrected chi connectivity index (χ0v) is 11.8. The van der Waals surface area contributed by atoms with Crippen LogP contribution >= 0.6 is 0 Å². The molecular weight excluding hydrogens is 240 g/mol. The molecule has 0 radical (unpaired) electrons. The van der Waals surface area contributed by atoms with Crippen molar-refractivity contribution in [3.63, 3.8) is 0 Å². The fourth-order valence-corrected chi connectivity index (χ4v) is 2.89. The Morgan fingerprint density at radius 3 is 2.47 bits per heavy atom. The second kappa shape index (κ2) is 6.26. The predicted molar refractivity (Wildman–Crippen MR) is 76.3 cm³/mol. The van der Waals surface area contributed by atoms with E-state index in [1.165, 1.54) is 31.7 Å². The molecule has 4 nitrogen and oxygen atoms in total. The molecule has 1 aliphatic carbocycles. The van der Waals surface area contributed by atoms with Crippen molar-refractivity contribution in [3.05, 3.63) is 23.8 Å². The van der Waals surface area contributed by atoms with Crippen molar-refractivity contribution in [1.29, 1.82) is 0 Å². The minimum absolute atomic E-state index is 0.110. The molecule has 0 saturated heterocycles. The molecule has 1 saturated carbocycles. The average molecular weight is 264 g/mol. The lowest BCUT2D eigenvalue weighted by atomic mass is 9.90. The first-order valence-electron chi connectivity index (χ1n) is 6.98. The van der Waals surface area contributed by atoms with Crippen LogP contribution in [0.5, 0.6) is 11.5 Å². The zero-order chi connectivity index (χ0) is 13.8. The molecule has 0 aromatic heterocycles. The first kappa shape index (κ1) is 14.2. The average Bonchev–Trinajstić information content (AvgIpc) is 2.42. The van der Waals surface area contributed by atoms with Crippen LogP contribution in [0.1, 0.15) is 31.2 Å². The maximum Gasteiger partial charge on any atom is 0.123 e. The van der Waals surface area contributed by atoms with Crippen molar-refractivity contribution in [1.82, 2.24) is 10.2 Å². The summed E-state index contributed by atoms with van der Waals surface area (Å²) >= 11 is 0. The Kier molecular flexibility index (Phi) is 4.66. The lowest BCUT2D eigenvalue weighted by Crippen LogP contribution is -2.39. The van der Waals surface area contributed by atoms with Gasteiger partial charge in [-0.1, -0.05) is 6.07 Å². The normalized spacial score (nSPS) is 23.7. The standard InChI is InChI=1S/C15H24N2O2/c1-16-12-4-6-13(7-5-12)17(2)10-11-3-8-14(18)9-15(11)19/h3,8-9,12-13,16,18-19H,4-7,10H2,1-2H3. The van der Waals surface area contributed by atoms with Crippen LogP contribution in [0.3, 0.4) is 0 Å². The van der Waals surface area contributed by atoms with E-state index in [4.69, 9.17) is 0 Å². The molecule has 1 aromatic carbocycles. The van der Waals surface area contributed by atoms with Gasteiger partial charge in [0.25, 0.3) is 0 Å². The van der Waals surface area contributed by atoms with Crippen molar-refractivity contribution >= 4 is 0 Å². The van der Waals surface area contributed by atoms with E-state index in [0.29, 0.717) is 12.1 Å². The van der Waals surface area contributed by atoms with Gasteiger partial charge in [-0.25, -0.2) is 0 Å². The number of benzene rings is 1. The predicted octanol–water partition coefficient (Wildman–Crippen LogP) is 2.06. The molecule has 1 fully saturated rings. The monoisotopic (exact) mass is 264 g/mol. The summed E-state index contributed by atoms with van der Waals surface area (Å²) in [6, 6.07) is 6.06. The molecule has 4 heteroatoms. The number of aromatic hydroxyl groups is 2. The Balaban J connectivity index is 1.92. The van der Waals surface area contributed by atoms with Crippen molar-refractivity contribution in [2.24, 2.45) is 0 Å². The van der Waals surface area contributed by atoms with E-state index in [1.54, 1.807) is 12.1 Å². The molecule has 3 N–H and O–H groups in total. The summed E-state index contributed by atoms with van der Waals surface area (Å²) < 4.78 is 0. The van der Waals surface area contributed by atoms with Gasteiger partial charge in [0.05, 0.1) is 0 Å². The zero-order valence-electron chi connectivity index (χ0n) is 11.8. The van der Waals surface area contributed by atoms with Crippen molar-refractivity contribution < 1.29 is 10.2 Å². The van der Waals surface area contributed by atoms with E-state index >= 15 is 0 Å². The molecule has 0 heterocycles. The first-order chi connectivity index (χ1) is 9.10. The van der Waals surface area contributed by atoms with Crippen molar-refractivity contribution in [2.75, 3.05) is 14.1 Å². The van der Waals surface area contributed by atoms with Gasteiger partial charge in [0.1, 0.15) is 11.5 Å². The highest BCUT2D eigenvalue weighted by atomic mass is 16.3. The Labute approximate surface area is 115 Å². The van der Waals surface area contributed by atoms with Crippen LogP contribution in [0.25, 0.3) is 0 Å². The first-order valence-corrected chi connectivity index (χ1v) is 6.98. The fraction of sp³-hybridized carbons (Fsp3) is 0.600. The van der Waals surface area contributed by atoms with E-state index in [2.05, 4.69) is 17.3 Å². The molecule has 1 aliphatic rings. The molecule has 0 spiro atoms. The molecule has 19 heavy (non-hydrogen) atoms. The van der Waals surface area contributed by atoms with Gasteiger partial charge in [-0.3, -0.25) is 4.90 Å². The number of hydrogen-bond acceptors (Lipinski definition) is 4. The molecular formula is C15H24N2O2. The minimum atomic E-state index is 0.110. The van der Waals surface area contributed by atoms with Crippen LogP contribution in [0.15, 0.2) is 18.2 Å². The van der Waals surface area contributed by atoms with Gasteiger partial charge >= 0.3 is 0 Å². The smallest absolute Gasteiger partial charge is 0.123 e. The third kappa shape index (κ3) is 3.61. The van der Waals surface area contributed by atoms with Gasteiger partial charge < -0.3 is 15.5 Å². The van der Waals surface area contributed by atoms with Gasteiger partial charge in [0.2, 0.25) is 0 Å². The lowest BCUT2D eigenvalue weighted by molar-refractivity contribution is 0.168. The number of phenols is 2. The molecule has 0 bridgehead atoms. The van der Waals surface area contributed by atoms with E-state index < -0.39 is 0 Å². The summed E-state index contributed by atoms with van der Waals surface area (Å²) in [5, 5.41) is 22.5. The molecule has 2 rings (SSSR count). The summed E-state index contributed by atoms with van der Waals surface area (Å²) in [6.45, 7) is 0.723. The van der Waals surface area contributed by atoms with Gasteiger partial charge in [-0.2, -0.15) is 0 Å². The summed E-state index contributed by atoms with van der Waals surface area (Å²) in [7, 11) is 4.14. The van der Waals surface area contributed by atoms with E-state index in [9.17, 15) is 10.2 Å². The fourth-order valence-electron chi connectivity index (χ4n) is 2.89. The maximum absolute atomic E-state index is 9.82. The molecule has 106 valence electrons. The van der Waals surface area contributed by atoms with Crippen LogP contribution < -0.4 is 5.32 Å². The van der Waals surface area contributed by atoms with Crippen LogP contribution in [-0.4, -0.2) is 41.3 Å². The molecule has 0 amide bonds. The lowest BCUT2D eigenvalue weighted by Gasteiger charge is -2.34. The number of nitrogens with zero attached hydrogens (tertiary/aromatic N) is 1. The topological polar surface area (TPSA) is 55.7 Å². The number of nitrogens with one attached hydrogen (secondary N) is 1. The second-order valence-corrected chi connectivity index (χ2v) is 5.52. The van der Waals surface area contributed by atoms with Crippen LogP contribution in [0.2, 0.25) is 0 Å². The van der Waals surface area contributed by atoms with Gasteiger partial charge in [-0.05, 0) is 45.8 Å². The largest absolute Gasteiger partial charge is 0.508 e. The van der Waals surface area contributed by atoms with Gasteiger partial charge in [0, 0.05) is 30.3 Å².